The molecule has 0 saturated carbocycles. The summed E-state index contributed by atoms with van der Waals surface area (Å²) in [6.45, 7) is 3.71. The first-order chi connectivity index (χ1) is 35.0. The minimum Gasteiger partial charge on any atom is -0.744 e. The van der Waals surface area contributed by atoms with Gasteiger partial charge >= 0.3 is 124 Å². The number of anilines is 4. The zero-order valence-electron chi connectivity index (χ0n) is 41.4. The Labute approximate surface area is 536 Å². The molecule has 0 aliphatic heterocycles. The van der Waals surface area contributed by atoms with E-state index in [1.54, 1.807) is 67.6 Å². The number of aryl methyl sites for hydroxylation is 2. The zero-order valence-corrected chi connectivity index (χ0v) is 52.7. The van der Waals surface area contributed by atoms with Crippen molar-refractivity contribution in [1.29, 1.82) is 0 Å². The third-order valence-corrected chi connectivity index (χ3v) is 13.5. The third-order valence-electron chi connectivity index (χ3n) is 10.5. The monoisotopic (exact) mass is 1160 g/mol. The number of aromatic hydroxyl groups is 2. The van der Waals surface area contributed by atoms with Crippen LogP contribution >= 0.6 is 24.1 Å². The minimum atomic E-state index is -5.48. The van der Waals surface area contributed by atoms with Crippen LogP contribution in [0.4, 0.5) is 46.0 Å². The van der Waals surface area contributed by atoms with Gasteiger partial charge in [0, 0.05) is 16.1 Å². The van der Waals surface area contributed by atoms with Gasteiger partial charge in [-0.1, -0.05) is 85.3 Å². The van der Waals surface area contributed by atoms with Crippen LogP contribution in [0.15, 0.2) is 167 Å². The molecule has 0 amide bonds. The van der Waals surface area contributed by atoms with Crippen LogP contribution in [-0.4, -0.2) is 51.1 Å². The van der Waals surface area contributed by atoms with Crippen molar-refractivity contribution in [1.82, 2.24) is 15.0 Å². The van der Waals surface area contributed by atoms with Gasteiger partial charge in [0.15, 0.2) is 5.75 Å². The molecule has 8 rings (SSSR count). The van der Waals surface area contributed by atoms with Gasteiger partial charge in [-0.05, 0) is 95.6 Å². The van der Waals surface area contributed by atoms with Gasteiger partial charge in [-0.25, -0.2) is 16.8 Å². The van der Waals surface area contributed by atoms with Crippen molar-refractivity contribution >= 4 is 101 Å². The van der Waals surface area contributed by atoms with E-state index in [1.807, 2.05) is 31.2 Å². The van der Waals surface area contributed by atoms with E-state index in [-0.39, 0.29) is 179 Å². The number of fused-ring (bicyclic) bond motifs is 1. The SMILES string of the molecule is CCc1ccc(-c2ccc(N=Nc3c(SOO[O-])cc4cc(S(=O)(=O)[O-])c(N=Nc5ccc(-c6ccc(C)cc6)cc5)c(Nc5nc(O)nc(Nc6ccccc6)n5)c4c3O)cc2SOO[O-])c(S(=O)(=O)[O-])c1.[Na+].[Na+].[Na+].[Na+]. The van der Waals surface area contributed by atoms with Gasteiger partial charge in [0.1, 0.15) is 31.6 Å². The molecule has 0 aliphatic carbocycles. The number of phenols is 1. The number of rotatable bonds is 19. The molecule has 8 aromatic rings. The fraction of sp³-hybridized carbons (Fsp3) is 0.0652. The molecule has 0 fully saturated rings. The third kappa shape index (κ3) is 16.8. The zero-order chi connectivity index (χ0) is 51.9. The molecule has 31 heteroatoms. The van der Waals surface area contributed by atoms with Gasteiger partial charge in [0.25, 0.3) is 0 Å². The Morgan fingerprint density at radius 1 is 0.597 bits per heavy atom. The first-order valence-electron chi connectivity index (χ1n) is 20.9. The summed E-state index contributed by atoms with van der Waals surface area (Å²) in [6, 6.07) is 32.3. The molecule has 0 saturated heterocycles. The van der Waals surface area contributed by atoms with E-state index in [0.717, 1.165) is 28.8 Å². The average Bonchev–Trinajstić information content (AvgIpc) is 3.36. The van der Waals surface area contributed by atoms with Gasteiger partial charge < -0.3 is 40.5 Å². The van der Waals surface area contributed by atoms with Crippen LogP contribution in [0.3, 0.4) is 0 Å². The van der Waals surface area contributed by atoms with E-state index in [2.05, 4.69) is 64.8 Å². The Morgan fingerprint density at radius 3 is 1.77 bits per heavy atom. The Hall–Kier alpha value is -3.51. The Kier molecular flexibility index (Phi) is 25.5. The second kappa shape index (κ2) is 29.8. The van der Waals surface area contributed by atoms with E-state index in [4.69, 9.17) is 0 Å². The van der Waals surface area contributed by atoms with E-state index in [1.165, 1.54) is 30.3 Å². The molecular weight excluding hydrogens is 1120 g/mol. The fourth-order valence-electron chi connectivity index (χ4n) is 7.16. The molecular formula is C46H33N9Na4O14S4. The van der Waals surface area contributed by atoms with E-state index in [0.29, 0.717) is 29.7 Å². The molecule has 7 aromatic carbocycles. The quantitative estimate of drug-likeness (QED) is 0.0159. The number of hydrogen-bond donors (Lipinski definition) is 4. The molecule has 77 heavy (non-hydrogen) atoms. The molecule has 0 radical (unpaired) electrons. The van der Waals surface area contributed by atoms with Crippen molar-refractivity contribution in [3.05, 3.63) is 139 Å². The van der Waals surface area contributed by atoms with Crippen LogP contribution in [0.1, 0.15) is 18.1 Å². The second-order valence-electron chi connectivity index (χ2n) is 15.2. The van der Waals surface area contributed by atoms with Crippen LogP contribution in [-0.2, 0) is 45.4 Å². The Morgan fingerprint density at radius 2 is 1.16 bits per heavy atom. The molecule has 4 N–H and O–H groups in total. The summed E-state index contributed by atoms with van der Waals surface area (Å²) < 4.78 is 85.9. The first kappa shape index (κ1) is 66.0. The maximum absolute atomic E-state index is 13.2. The summed E-state index contributed by atoms with van der Waals surface area (Å²) in [7, 11) is -10.5. The predicted molar refractivity (Wildman–Crippen MR) is 258 cm³/mol. The minimum absolute atomic E-state index is 0. The van der Waals surface area contributed by atoms with Crippen molar-refractivity contribution < 1.29 is 184 Å². The summed E-state index contributed by atoms with van der Waals surface area (Å²) in [5.41, 5.74) is 2.36. The standard InChI is InChI=1S/C46H37N9O14S4.4Na/c1-3-26-11-19-34(37(21-26)72(60,61)62)33-20-18-32(24-35(33)70-68-66-58)53-54-40-36(71-69-67-59)22-29-23-38(73(63,64)65)41(55-52-31-16-14-28(15-17-31)27-12-9-25(2)10-13-27)42(39(29)43(40)56)48-45-49-44(50-46(57)51-45)47-30-7-5-4-6-8-30;;;;/h4-24,56,58-59H,3H2,1-2H3,(H,60,61,62)(H,63,64,65)(H3,47,48,49,50,51,57);;;;/q;4*+1/p-4. The number of phenolic OH excluding ortho intramolecular Hbond substituents is 1. The van der Waals surface area contributed by atoms with Crippen LogP contribution in [0.5, 0.6) is 11.8 Å². The Bertz CT molecular complexity index is 3660. The molecule has 0 atom stereocenters. The topological polar surface area (TPSA) is 350 Å². The van der Waals surface area contributed by atoms with Crippen molar-refractivity contribution in [3.63, 3.8) is 0 Å². The van der Waals surface area contributed by atoms with Crippen molar-refractivity contribution in [2.75, 3.05) is 10.6 Å². The largest absolute Gasteiger partial charge is 1.00 e. The molecule has 1 aromatic heterocycles. The Balaban J connectivity index is 0.00000320. The number of benzene rings is 7. The summed E-state index contributed by atoms with van der Waals surface area (Å²) >= 11 is 0.538. The smallest absolute Gasteiger partial charge is 0.744 e. The number of nitrogens with one attached hydrogen (secondary N) is 2. The fourth-order valence-corrected chi connectivity index (χ4v) is 9.58. The maximum atomic E-state index is 13.2. The second-order valence-corrected chi connectivity index (χ2v) is 19.4. The number of aromatic nitrogens is 3. The van der Waals surface area contributed by atoms with Crippen LogP contribution < -0.4 is 139 Å². The first-order valence-corrected chi connectivity index (χ1v) is 25.2. The van der Waals surface area contributed by atoms with Gasteiger partial charge in [-0.3, -0.25) is 10.1 Å². The van der Waals surface area contributed by atoms with E-state index in [9.17, 15) is 46.7 Å². The average molecular weight is 1160 g/mol. The molecule has 0 aliphatic rings. The van der Waals surface area contributed by atoms with Crippen molar-refractivity contribution in [2.45, 2.75) is 39.9 Å². The van der Waals surface area contributed by atoms with Crippen LogP contribution in [0, 0.1) is 6.92 Å². The maximum Gasteiger partial charge on any atom is 1.00 e. The number of nitrogens with zero attached hydrogens (tertiary/aromatic N) is 7. The van der Waals surface area contributed by atoms with E-state index < -0.39 is 64.8 Å². The predicted octanol–water partition coefficient (Wildman–Crippen LogP) is -2.76. The molecule has 374 valence electrons. The summed E-state index contributed by atoms with van der Waals surface area (Å²) in [5, 5.41) is 74.1. The van der Waals surface area contributed by atoms with Gasteiger partial charge in [0.2, 0.25) is 11.9 Å². The van der Waals surface area contributed by atoms with Gasteiger partial charge in [0.05, 0.1) is 61.2 Å². The van der Waals surface area contributed by atoms with Crippen LogP contribution in [0.2, 0.25) is 0 Å². The number of azo groups is 2. The van der Waals surface area contributed by atoms with Gasteiger partial charge in [-0.15, -0.1) is 10.2 Å². The van der Waals surface area contributed by atoms with Gasteiger partial charge in [-0.2, -0.15) is 33.8 Å². The number of para-hydroxylation sites is 1. The van der Waals surface area contributed by atoms with Crippen molar-refractivity contribution in [3.8, 4) is 34.0 Å². The summed E-state index contributed by atoms with van der Waals surface area (Å²) in [5.74, 6) is -1.50. The number of hydrogen-bond acceptors (Lipinski definition) is 25. The molecule has 1 heterocycles. The summed E-state index contributed by atoms with van der Waals surface area (Å²) in [6.07, 6.45) is 0.407. The normalized spacial score (nSPS) is 11.4. The van der Waals surface area contributed by atoms with Crippen LogP contribution in [0.25, 0.3) is 33.0 Å². The summed E-state index contributed by atoms with van der Waals surface area (Å²) in [4.78, 5) is 10.4. The molecule has 0 spiro atoms. The molecule has 0 bridgehead atoms. The van der Waals surface area contributed by atoms with Crippen molar-refractivity contribution in [2.24, 2.45) is 20.5 Å². The molecule has 23 nitrogen and oxygen atoms in total. The van der Waals surface area contributed by atoms with E-state index >= 15 is 0 Å². The molecule has 0 unspecified atom stereocenters.